The zero-order chi connectivity index (χ0) is 10.0. The van der Waals surface area contributed by atoms with Crippen LogP contribution in [0.3, 0.4) is 0 Å². The summed E-state index contributed by atoms with van der Waals surface area (Å²) in [6.07, 6.45) is 1.90. The van der Waals surface area contributed by atoms with Gasteiger partial charge in [0, 0.05) is 30.9 Å². The summed E-state index contributed by atoms with van der Waals surface area (Å²) in [5, 5.41) is 4.20. The number of nitrogens with zero attached hydrogens (tertiary/aromatic N) is 3. The molecule has 1 heterocycles. The van der Waals surface area contributed by atoms with Gasteiger partial charge in [0.1, 0.15) is 0 Å². The second-order valence-corrected chi connectivity index (χ2v) is 3.52. The Kier molecular flexibility index (Phi) is 3.06. The summed E-state index contributed by atoms with van der Waals surface area (Å²) >= 11 is 0. The van der Waals surface area contributed by atoms with Gasteiger partial charge in [0.2, 0.25) is 0 Å². The molecule has 4 nitrogen and oxygen atoms in total. The molecule has 0 fully saturated rings. The maximum atomic E-state index is 5.71. The van der Waals surface area contributed by atoms with Crippen molar-refractivity contribution < 1.29 is 0 Å². The van der Waals surface area contributed by atoms with E-state index in [-0.39, 0.29) is 6.04 Å². The smallest absolute Gasteiger partial charge is 0.0540 e. The van der Waals surface area contributed by atoms with Gasteiger partial charge in [0.05, 0.1) is 6.20 Å². The van der Waals surface area contributed by atoms with Crippen molar-refractivity contribution in [2.45, 2.75) is 13.0 Å². The minimum Gasteiger partial charge on any atom is -0.329 e. The van der Waals surface area contributed by atoms with Crippen molar-refractivity contribution in [1.82, 2.24) is 14.7 Å². The van der Waals surface area contributed by atoms with Crippen LogP contribution in [0.15, 0.2) is 6.20 Å². The molecule has 0 saturated carbocycles. The van der Waals surface area contributed by atoms with Crippen LogP contribution in [0.25, 0.3) is 0 Å². The van der Waals surface area contributed by atoms with Gasteiger partial charge in [-0.1, -0.05) is 0 Å². The molecule has 2 N–H and O–H groups in total. The highest BCUT2D eigenvalue weighted by Gasteiger charge is 2.16. The van der Waals surface area contributed by atoms with Gasteiger partial charge in [0.15, 0.2) is 0 Å². The van der Waals surface area contributed by atoms with E-state index >= 15 is 0 Å². The van der Waals surface area contributed by atoms with E-state index in [1.165, 1.54) is 11.3 Å². The molecule has 0 spiro atoms. The number of aromatic nitrogens is 2. The summed E-state index contributed by atoms with van der Waals surface area (Å²) in [7, 11) is 6.01. The number of hydrogen-bond acceptors (Lipinski definition) is 3. The van der Waals surface area contributed by atoms with Crippen LogP contribution < -0.4 is 5.73 Å². The first-order chi connectivity index (χ1) is 6.07. The lowest BCUT2D eigenvalue weighted by Crippen LogP contribution is -2.27. The first-order valence-electron chi connectivity index (χ1n) is 4.43. The minimum absolute atomic E-state index is 0.272. The van der Waals surface area contributed by atoms with Crippen molar-refractivity contribution in [3.63, 3.8) is 0 Å². The Hall–Kier alpha value is -0.870. The molecule has 1 atom stereocenters. The Balaban J connectivity index is 2.98. The van der Waals surface area contributed by atoms with Gasteiger partial charge < -0.3 is 10.6 Å². The van der Waals surface area contributed by atoms with E-state index in [9.17, 15) is 0 Å². The molecule has 0 bridgehead atoms. The fourth-order valence-corrected chi connectivity index (χ4v) is 1.46. The largest absolute Gasteiger partial charge is 0.329 e. The fourth-order valence-electron chi connectivity index (χ4n) is 1.46. The second kappa shape index (κ2) is 3.89. The summed E-state index contributed by atoms with van der Waals surface area (Å²) in [6, 6.07) is 0.272. The number of rotatable bonds is 3. The van der Waals surface area contributed by atoms with E-state index in [0.717, 1.165) is 0 Å². The topological polar surface area (TPSA) is 47.1 Å². The van der Waals surface area contributed by atoms with Gasteiger partial charge >= 0.3 is 0 Å². The van der Waals surface area contributed by atoms with Gasteiger partial charge in [-0.25, -0.2) is 0 Å². The van der Waals surface area contributed by atoms with Crippen molar-refractivity contribution in [2.24, 2.45) is 12.8 Å². The molecular weight excluding hydrogens is 164 g/mol. The molecule has 0 radical (unpaired) electrons. The summed E-state index contributed by atoms with van der Waals surface area (Å²) in [6.45, 7) is 2.69. The second-order valence-electron chi connectivity index (χ2n) is 3.52. The monoisotopic (exact) mass is 182 g/mol. The fraction of sp³-hybridized carbons (Fsp3) is 0.667. The van der Waals surface area contributed by atoms with Gasteiger partial charge in [-0.05, 0) is 21.0 Å². The zero-order valence-electron chi connectivity index (χ0n) is 8.78. The van der Waals surface area contributed by atoms with Crippen molar-refractivity contribution in [1.29, 1.82) is 0 Å². The first kappa shape index (κ1) is 10.2. The maximum Gasteiger partial charge on any atom is 0.0540 e. The molecule has 74 valence electrons. The maximum absolute atomic E-state index is 5.71. The average molecular weight is 182 g/mol. The third kappa shape index (κ3) is 1.89. The standard InChI is InChI=1S/C9H18N4/c1-7-8(6-11-13(7)4)9(5-10)12(2)3/h6,9H,5,10H2,1-4H3. The van der Waals surface area contributed by atoms with Crippen molar-refractivity contribution in [2.75, 3.05) is 20.6 Å². The molecule has 0 aliphatic heterocycles. The lowest BCUT2D eigenvalue weighted by molar-refractivity contribution is 0.305. The van der Waals surface area contributed by atoms with Gasteiger partial charge in [0.25, 0.3) is 0 Å². The molecule has 4 heteroatoms. The predicted molar refractivity (Wildman–Crippen MR) is 53.4 cm³/mol. The molecule has 13 heavy (non-hydrogen) atoms. The third-order valence-corrected chi connectivity index (χ3v) is 2.48. The summed E-state index contributed by atoms with van der Waals surface area (Å²) in [4.78, 5) is 2.12. The van der Waals surface area contributed by atoms with E-state index in [0.29, 0.717) is 6.54 Å². The Labute approximate surface area is 79.3 Å². The van der Waals surface area contributed by atoms with Gasteiger partial charge in [-0.3, -0.25) is 4.68 Å². The molecular formula is C9H18N4. The predicted octanol–water partition coefficient (Wildman–Crippen LogP) is 0.290. The molecule has 0 amide bonds. The number of likely N-dealkylation sites (N-methyl/N-ethyl adjacent to an activating group) is 1. The van der Waals surface area contributed by atoms with Gasteiger partial charge in [-0.2, -0.15) is 5.10 Å². The minimum atomic E-state index is 0.272. The highest BCUT2D eigenvalue weighted by atomic mass is 15.3. The number of hydrogen-bond donors (Lipinski definition) is 1. The van der Waals surface area contributed by atoms with Crippen molar-refractivity contribution >= 4 is 0 Å². The van der Waals surface area contributed by atoms with Crippen LogP contribution >= 0.6 is 0 Å². The lowest BCUT2D eigenvalue weighted by atomic mass is 10.1. The van der Waals surface area contributed by atoms with E-state index < -0.39 is 0 Å². The summed E-state index contributed by atoms with van der Waals surface area (Å²) in [5.41, 5.74) is 8.11. The molecule has 1 unspecified atom stereocenters. The Morgan fingerprint density at radius 2 is 2.23 bits per heavy atom. The van der Waals surface area contributed by atoms with E-state index in [2.05, 4.69) is 16.9 Å². The van der Waals surface area contributed by atoms with E-state index in [1.54, 1.807) is 0 Å². The van der Waals surface area contributed by atoms with Crippen LogP contribution in [0, 0.1) is 6.92 Å². The third-order valence-electron chi connectivity index (χ3n) is 2.48. The Morgan fingerprint density at radius 1 is 1.62 bits per heavy atom. The number of nitrogens with two attached hydrogens (primary N) is 1. The van der Waals surface area contributed by atoms with Crippen molar-refractivity contribution in [3.05, 3.63) is 17.5 Å². The highest BCUT2D eigenvalue weighted by molar-refractivity contribution is 5.20. The molecule has 0 aliphatic rings. The van der Waals surface area contributed by atoms with Crippen molar-refractivity contribution in [3.8, 4) is 0 Å². The van der Waals surface area contributed by atoms with Crippen LogP contribution in [0.2, 0.25) is 0 Å². The zero-order valence-corrected chi connectivity index (χ0v) is 8.78. The summed E-state index contributed by atoms with van der Waals surface area (Å²) < 4.78 is 1.88. The van der Waals surface area contributed by atoms with Crippen LogP contribution in [-0.2, 0) is 7.05 Å². The average Bonchev–Trinajstić information content (AvgIpc) is 2.37. The highest BCUT2D eigenvalue weighted by Crippen LogP contribution is 2.19. The lowest BCUT2D eigenvalue weighted by Gasteiger charge is -2.22. The normalized spacial score (nSPS) is 13.7. The molecule has 1 aromatic heterocycles. The molecule has 1 aromatic rings. The van der Waals surface area contributed by atoms with E-state index in [4.69, 9.17) is 5.73 Å². The summed E-state index contributed by atoms with van der Waals surface area (Å²) in [5.74, 6) is 0. The quantitative estimate of drug-likeness (QED) is 0.731. The Bertz CT molecular complexity index is 277. The van der Waals surface area contributed by atoms with Gasteiger partial charge in [-0.15, -0.1) is 0 Å². The molecule has 0 aromatic carbocycles. The van der Waals surface area contributed by atoms with Crippen LogP contribution in [0.1, 0.15) is 17.3 Å². The number of aryl methyl sites for hydroxylation is 1. The molecule has 1 rings (SSSR count). The molecule has 0 aliphatic carbocycles. The SMILES string of the molecule is Cc1c(C(CN)N(C)C)cnn1C. The Morgan fingerprint density at radius 3 is 2.54 bits per heavy atom. The van der Waals surface area contributed by atoms with E-state index in [1.807, 2.05) is 32.0 Å². The first-order valence-corrected chi connectivity index (χ1v) is 4.43. The molecule has 0 saturated heterocycles. The van der Waals surface area contributed by atoms with Crippen LogP contribution in [0.4, 0.5) is 0 Å². The van der Waals surface area contributed by atoms with Crippen LogP contribution in [-0.4, -0.2) is 35.3 Å². The van der Waals surface area contributed by atoms with Crippen LogP contribution in [0.5, 0.6) is 0 Å².